The molecular weight excluding hydrogens is 317 g/mol. The van der Waals surface area contributed by atoms with Crippen molar-refractivity contribution in [3.63, 3.8) is 0 Å². The Morgan fingerprint density at radius 2 is 1.86 bits per heavy atom. The van der Waals surface area contributed by atoms with Crippen molar-refractivity contribution < 1.29 is 9.72 Å². The van der Waals surface area contributed by atoms with Crippen LogP contribution >= 0.6 is 23.2 Å². The van der Waals surface area contributed by atoms with E-state index in [9.17, 15) is 14.9 Å². The standard InChI is InChI=1S/C13H9Cl2N3O3/c14-9-5-7(1-3-11(9)16)13(19)17-12-4-2-8(18(20)21)6-10(12)15/h1-6H,16H2,(H,17,19). The summed E-state index contributed by atoms with van der Waals surface area (Å²) in [5.74, 6) is -0.451. The first-order chi connectivity index (χ1) is 9.88. The second-order valence-corrected chi connectivity index (χ2v) is 4.93. The summed E-state index contributed by atoms with van der Waals surface area (Å²) in [4.78, 5) is 22.1. The molecule has 0 aliphatic heterocycles. The van der Waals surface area contributed by atoms with Gasteiger partial charge in [-0.3, -0.25) is 14.9 Å². The third-order valence-corrected chi connectivity index (χ3v) is 3.31. The monoisotopic (exact) mass is 325 g/mol. The molecule has 0 atom stereocenters. The molecular formula is C13H9Cl2N3O3. The van der Waals surface area contributed by atoms with Crippen LogP contribution in [0.15, 0.2) is 36.4 Å². The number of amides is 1. The number of carbonyl (C=O) groups is 1. The van der Waals surface area contributed by atoms with E-state index in [0.717, 1.165) is 6.07 Å². The van der Waals surface area contributed by atoms with Gasteiger partial charge in [0, 0.05) is 17.7 Å². The number of anilines is 2. The number of nitro benzene ring substituents is 1. The van der Waals surface area contributed by atoms with Gasteiger partial charge in [0.2, 0.25) is 0 Å². The van der Waals surface area contributed by atoms with Gasteiger partial charge in [-0.25, -0.2) is 0 Å². The molecule has 8 heteroatoms. The van der Waals surface area contributed by atoms with Crippen LogP contribution in [0.5, 0.6) is 0 Å². The van der Waals surface area contributed by atoms with Crippen LogP contribution in [-0.4, -0.2) is 10.8 Å². The molecule has 3 N–H and O–H groups in total. The molecule has 0 fully saturated rings. The lowest BCUT2D eigenvalue weighted by atomic mass is 10.2. The van der Waals surface area contributed by atoms with E-state index in [2.05, 4.69) is 5.32 Å². The summed E-state index contributed by atoms with van der Waals surface area (Å²) in [5, 5.41) is 13.5. The SMILES string of the molecule is Nc1ccc(C(=O)Nc2ccc([N+](=O)[O-])cc2Cl)cc1Cl. The summed E-state index contributed by atoms with van der Waals surface area (Å²) in [5.41, 5.74) is 6.32. The molecule has 0 saturated carbocycles. The van der Waals surface area contributed by atoms with Crippen molar-refractivity contribution in [3.8, 4) is 0 Å². The Kier molecular flexibility index (Phi) is 4.30. The maximum absolute atomic E-state index is 12.0. The van der Waals surface area contributed by atoms with E-state index in [4.69, 9.17) is 28.9 Å². The fourth-order valence-corrected chi connectivity index (χ4v) is 1.98. The quantitative estimate of drug-likeness (QED) is 0.510. The molecule has 0 spiro atoms. The molecule has 21 heavy (non-hydrogen) atoms. The fourth-order valence-electron chi connectivity index (χ4n) is 1.58. The average Bonchev–Trinajstić information content (AvgIpc) is 2.43. The third kappa shape index (κ3) is 3.42. The summed E-state index contributed by atoms with van der Waals surface area (Å²) in [6, 6.07) is 8.21. The number of non-ortho nitro benzene ring substituents is 1. The molecule has 0 unspecified atom stereocenters. The number of nitrogens with one attached hydrogen (secondary N) is 1. The number of nitrogens with zero attached hydrogens (tertiary/aromatic N) is 1. The summed E-state index contributed by atoms with van der Waals surface area (Å²) in [6.07, 6.45) is 0. The number of nitrogens with two attached hydrogens (primary N) is 1. The first kappa shape index (κ1) is 15.1. The summed E-state index contributed by atoms with van der Waals surface area (Å²) >= 11 is 11.7. The topological polar surface area (TPSA) is 98.3 Å². The Balaban J connectivity index is 2.23. The van der Waals surface area contributed by atoms with Crippen LogP contribution < -0.4 is 11.1 Å². The summed E-state index contributed by atoms with van der Waals surface area (Å²) < 4.78 is 0. The largest absolute Gasteiger partial charge is 0.398 e. The molecule has 0 bridgehead atoms. The van der Waals surface area contributed by atoms with Crippen molar-refractivity contribution in [2.75, 3.05) is 11.1 Å². The zero-order valence-corrected chi connectivity index (χ0v) is 12.0. The van der Waals surface area contributed by atoms with Gasteiger partial charge in [0.25, 0.3) is 11.6 Å². The number of benzene rings is 2. The lowest BCUT2D eigenvalue weighted by Crippen LogP contribution is -2.12. The first-order valence-corrected chi connectivity index (χ1v) is 6.44. The predicted molar refractivity (Wildman–Crippen MR) is 81.9 cm³/mol. The smallest absolute Gasteiger partial charge is 0.271 e. The molecule has 2 aromatic rings. The van der Waals surface area contributed by atoms with E-state index in [1.807, 2.05) is 0 Å². The minimum Gasteiger partial charge on any atom is -0.398 e. The Hall–Kier alpha value is -2.31. The molecule has 108 valence electrons. The van der Waals surface area contributed by atoms with Crippen molar-refractivity contribution in [1.29, 1.82) is 0 Å². The van der Waals surface area contributed by atoms with Gasteiger partial charge >= 0.3 is 0 Å². The molecule has 0 saturated heterocycles. The van der Waals surface area contributed by atoms with Crippen LogP contribution in [0.4, 0.5) is 17.1 Å². The van der Waals surface area contributed by atoms with Crippen LogP contribution in [0.2, 0.25) is 10.0 Å². The molecule has 2 aromatic carbocycles. The van der Waals surface area contributed by atoms with Crippen molar-refractivity contribution in [2.45, 2.75) is 0 Å². The number of hydrogen-bond acceptors (Lipinski definition) is 4. The highest BCUT2D eigenvalue weighted by molar-refractivity contribution is 6.34. The van der Waals surface area contributed by atoms with E-state index >= 15 is 0 Å². The minimum absolute atomic E-state index is 0.0686. The maximum atomic E-state index is 12.0. The van der Waals surface area contributed by atoms with Gasteiger partial charge in [-0.2, -0.15) is 0 Å². The number of nitrogen functional groups attached to an aromatic ring is 1. The molecule has 1 amide bonds. The normalized spacial score (nSPS) is 10.2. The van der Waals surface area contributed by atoms with Crippen LogP contribution in [0.1, 0.15) is 10.4 Å². The minimum atomic E-state index is -0.572. The van der Waals surface area contributed by atoms with Crippen molar-refractivity contribution in [3.05, 3.63) is 62.1 Å². The van der Waals surface area contributed by atoms with E-state index in [-0.39, 0.29) is 21.4 Å². The van der Waals surface area contributed by atoms with Crippen molar-refractivity contribution >= 4 is 46.2 Å². The molecule has 0 heterocycles. The number of halogens is 2. The van der Waals surface area contributed by atoms with Gasteiger partial charge in [-0.15, -0.1) is 0 Å². The van der Waals surface area contributed by atoms with Crippen LogP contribution in [0.3, 0.4) is 0 Å². The molecule has 0 aliphatic rings. The van der Waals surface area contributed by atoms with Crippen molar-refractivity contribution in [2.24, 2.45) is 0 Å². The Bertz CT molecular complexity index is 735. The maximum Gasteiger partial charge on any atom is 0.271 e. The van der Waals surface area contributed by atoms with Crippen LogP contribution in [0.25, 0.3) is 0 Å². The highest BCUT2D eigenvalue weighted by Crippen LogP contribution is 2.27. The van der Waals surface area contributed by atoms with E-state index in [1.54, 1.807) is 0 Å². The lowest BCUT2D eigenvalue weighted by molar-refractivity contribution is -0.384. The van der Waals surface area contributed by atoms with Gasteiger partial charge in [0.15, 0.2) is 0 Å². The number of rotatable bonds is 3. The molecule has 2 rings (SSSR count). The Morgan fingerprint density at radius 1 is 1.14 bits per heavy atom. The predicted octanol–water partition coefficient (Wildman–Crippen LogP) is 3.74. The number of hydrogen-bond donors (Lipinski definition) is 2. The first-order valence-electron chi connectivity index (χ1n) is 5.69. The Morgan fingerprint density at radius 3 is 2.43 bits per heavy atom. The van der Waals surface area contributed by atoms with Gasteiger partial charge < -0.3 is 11.1 Å². The third-order valence-electron chi connectivity index (χ3n) is 2.67. The highest BCUT2D eigenvalue weighted by Gasteiger charge is 2.13. The van der Waals surface area contributed by atoms with Gasteiger partial charge in [-0.05, 0) is 24.3 Å². The van der Waals surface area contributed by atoms with Crippen molar-refractivity contribution in [1.82, 2.24) is 0 Å². The second-order valence-electron chi connectivity index (χ2n) is 4.11. The van der Waals surface area contributed by atoms with E-state index in [1.165, 1.54) is 30.3 Å². The summed E-state index contributed by atoms with van der Waals surface area (Å²) in [6.45, 7) is 0. The van der Waals surface area contributed by atoms with Gasteiger partial charge in [0.05, 0.1) is 26.3 Å². The van der Waals surface area contributed by atoms with Crippen LogP contribution in [0, 0.1) is 10.1 Å². The molecule has 0 aliphatic carbocycles. The number of nitro groups is 1. The number of carbonyl (C=O) groups excluding carboxylic acids is 1. The lowest BCUT2D eigenvalue weighted by Gasteiger charge is -2.08. The van der Waals surface area contributed by atoms with Gasteiger partial charge in [-0.1, -0.05) is 23.2 Å². The zero-order valence-electron chi connectivity index (χ0n) is 10.5. The summed E-state index contributed by atoms with van der Waals surface area (Å²) in [7, 11) is 0. The molecule has 0 aromatic heterocycles. The zero-order chi connectivity index (χ0) is 15.6. The Labute approximate surface area is 129 Å². The molecule has 6 nitrogen and oxygen atoms in total. The van der Waals surface area contributed by atoms with E-state index in [0.29, 0.717) is 11.3 Å². The fraction of sp³-hybridized carbons (Fsp3) is 0. The molecule has 0 radical (unpaired) electrons. The van der Waals surface area contributed by atoms with Crippen LogP contribution in [-0.2, 0) is 0 Å². The average molecular weight is 326 g/mol. The highest BCUT2D eigenvalue weighted by atomic mass is 35.5. The van der Waals surface area contributed by atoms with E-state index < -0.39 is 10.8 Å². The van der Waals surface area contributed by atoms with Gasteiger partial charge in [0.1, 0.15) is 0 Å². The second kappa shape index (κ2) is 5.99.